The van der Waals surface area contributed by atoms with E-state index in [0.717, 1.165) is 19.3 Å². The molecule has 2 atom stereocenters. The van der Waals surface area contributed by atoms with E-state index in [1.165, 1.54) is 0 Å². The van der Waals surface area contributed by atoms with E-state index in [1.807, 2.05) is 6.92 Å². The third kappa shape index (κ3) is 1.89. The van der Waals surface area contributed by atoms with Crippen LogP contribution in [0.3, 0.4) is 0 Å². The maximum atomic E-state index is 11.2. The predicted octanol–water partition coefficient (Wildman–Crippen LogP) is 1.74. The number of rotatable bonds is 3. The SMILES string of the molecule is CC1CCCC[C@@]1(CC(=O)O)C(=O)O. The first kappa shape index (κ1) is 11.0. The van der Waals surface area contributed by atoms with Gasteiger partial charge in [-0.3, -0.25) is 9.59 Å². The van der Waals surface area contributed by atoms with Gasteiger partial charge in [0.15, 0.2) is 0 Å². The lowest BCUT2D eigenvalue weighted by molar-refractivity contribution is -0.161. The monoisotopic (exact) mass is 200 g/mol. The largest absolute Gasteiger partial charge is 0.481 e. The molecule has 0 spiro atoms. The van der Waals surface area contributed by atoms with Crippen LogP contribution < -0.4 is 0 Å². The lowest BCUT2D eigenvalue weighted by Crippen LogP contribution is -2.41. The topological polar surface area (TPSA) is 74.6 Å². The molecule has 1 rings (SSSR count). The average Bonchev–Trinajstić information content (AvgIpc) is 2.08. The van der Waals surface area contributed by atoms with Crippen LogP contribution >= 0.6 is 0 Å². The summed E-state index contributed by atoms with van der Waals surface area (Å²) in [4.78, 5) is 21.8. The Morgan fingerprint density at radius 2 is 2.00 bits per heavy atom. The van der Waals surface area contributed by atoms with Crippen molar-refractivity contribution in [3.05, 3.63) is 0 Å². The van der Waals surface area contributed by atoms with E-state index in [1.54, 1.807) is 0 Å². The molecule has 0 bridgehead atoms. The van der Waals surface area contributed by atoms with E-state index < -0.39 is 17.4 Å². The molecule has 1 aliphatic rings. The zero-order valence-electron chi connectivity index (χ0n) is 8.32. The molecule has 1 saturated carbocycles. The Hall–Kier alpha value is -1.06. The number of hydrogen-bond donors (Lipinski definition) is 2. The lowest BCUT2D eigenvalue weighted by Gasteiger charge is -2.37. The molecule has 0 aromatic heterocycles. The summed E-state index contributed by atoms with van der Waals surface area (Å²) in [5, 5.41) is 17.9. The summed E-state index contributed by atoms with van der Waals surface area (Å²) in [7, 11) is 0. The van der Waals surface area contributed by atoms with Gasteiger partial charge in [-0.2, -0.15) is 0 Å². The highest BCUT2D eigenvalue weighted by molar-refractivity contribution is 5.81. The van der Waals surface area contributed by atoms with E-state index in [4.69, 9.17) is 10.2 Å². The second kappa shape index (κ2) is 3.98. The van der Waals surface area contributed by atoms with E-state index in [0.29, 0.717) is 6.42 Å². The first-order valence-corrected chi connectivity index (χ1v) is 4.94. The molecule has 0 aromatic carbocycles. The third-order valence-corrected chi connectivity index (χ3v) is 3.35. The molecule has 0 aromatic rings. The van der Waals surface area contributed by atoms with Crippen LogP contribution in [0.5, 0.6) is 0 Å². The highest BCUT2D eigenvalue weighted by atomic mass is 16.4. The summed E-state index contributed by atoms with van der Waals surface area (Å²) in [5.74, 6) is -2.00. The maximum Gasteiger partial charge on any atom is 0.310 e. The molecular formula is C10H16O4. The Labute approximate surface area is 82.9 Å². The number of aliphatic carboxylic acids is 2. The first-order valence-electron chi connectivity index (χ1n) is 4.94. The molecule has 0 heterocycles. The smallest absolute Gasteiger partial charge is 0.310 e. The first-order chi connectivity index (χ1) is 6.49. The van der Waals surface area contributed by atoms with Crippen LogP contribution in [0.1, 0.15) is 39.0 Å². The van der Waals surface area contributed by atoms with Gasteiger partial charge in [0.25, 0.3) is 0 Å². The normalized spacial score (nSPS) is 32.5. The summed E-state index contributed by atoms with van der Waals surface area (Å²) in [6.45, 7) is 1.84. The van der Waals surface area contributed by atoms with E-state index in [9.17, 15) is 9.59 Å². The third-order valence-electron chi connectivity index (χ3n) is 3.35. The van der Waals surface area contributed by atoms with Gasteiger partial charge in [-0.1, -0.05) is 19.8 Å². The van der Waals surface area contributed by atoms with Gasteiger partial charge in [0.05, 0.1) is 11.8 Å². The molecule has 4 heteroatoms. The van der Waals surface area contributed by atoms with Crippen LogP contribution in [0.25, 0.3) is 0 Å². The Morgan fingerprint density at radius 3 is 2.43 bits per heavy atom. The van der Waals surface area contributed by atoms with E-state index >= 15 is 0 Å². The van der Waals surface area contributed by atoms with Crippen molar-refractivity contribution >= 4 is 11.9 Å². The fraction of sp³-hybridized carbons (Fsp3) is 0.800. The molecule has 2 N–H and O–H groups in total. The molecule has 14 heavy (non-hydrogen) atoms. The van der Waals surface area contributed by atoms with Crippen LogP contribution in [0, 0.1) is 11.3 Å². The second-order valence-electron chi connectivity index (χ2n) is 4.18. The van der Waals surface area contributed by atoms with Crippen LogP contribution in [0.4, 0.5) is 0 Å². The van der Waals surface area contributed by atoms with Crippen molar-refractivity contribution in [3.63, 3.8) is 0 Å². The van der Waals surface area contributed by atoms with Crippen molar-refractivity contribution in [2.75, 3.05) is 0 Å². The molecule has 80 valence electrons. The summed E-state index contributed by atoms with van der Waals surface area (Å²) in [6, 6.07) is 0. The zero-order chi connectivity index (χ0) is 10.8. The zero-order valence-corrected chi connectivity index (χ0v) is 8.32. The molecule has 0 saturated heterocycles. The highest BCUT2D eigenvalue weighted by Crippen LogP contribution is 2.44. The summed E-state index contributed by atoms with van der Waals surface area (Å²) in [6.07, 6.45) is 2.90. The molecule has 0 aliphatic heterocycles. The summed E-state index contributed by atoms with van der Waals surface area (Å²) < 4.78 is 0. The molecule has 0 radical (unpaired) electrons. The van der Waals surface area contributed by atoms with Crippen LogP contribution in [0.15, 0.2) is 0 Å². The Balaban J connectivity index is 2.88. The standard InChI is InChI=1S/C10H16O4/c1-7-4-2-3-5-10(7,9(13)14)6-8(11)12/h7H,2-6H2,1H3,(H,11,12)(H,13,14)/t7?,10-/m0/s1. The molecule has 1 unspecified atom stereocenters. The van der Waals surface area contributed by atoms with Gasteiger partial charge in [0.2, 0.25) is 0 Å². The van der Waals surface area contributed by atoms with E-state index in [-0.39, 0.29) is 12.3 Å². The summed E-state index contributed by atoms with van der Waals surface area (Å²) in [5.41, 5.74) is -1.02. The maximum absolute atomic E-state index is 11.2. The van der Waals surface area contributed by atoms with Crippen molar-refractivity contribution in [3.8, 4) is 0 Å². The quantitative estimate of drug-likeness (QED) is 0.727. The van der Waals surface area contributed by atoms with Gasteiger partial charge in [0.1, 0.15) is 0 Å². The molecule has 1 fully saturated rings. The Bertz CT molecular complexity index is 249. The molecule has 1 aliphatic carbocycles. The minimum absolute atomic E-state index is 0.0372. The predicted molar refractivity (Wildman–Crippen MR) is 50.0 cm³/mol. The fourth-order valence-electron chi connectivity index (χ4n) is 2.34. The van der Waals surface area contributed by atoms with Gasteiger partial charge in [0, 0.05) is 0 Å². The van der Waals surface area contributed by atoms with Gasteiger partial charge in [-0.25, -0.2) is 0 Å². The molecular weight excluding hydrogens is 184 g/mol. The number of carbonyl (C=O) groups is 2. The van der Waals surface area contributed by atoms with E-state index in [2.05, 4.69) is 0 Å². The Kier molecular flexibility index (Phi) is 3.13. The van der Waals surface area contributed by atoms with Crippen molar-refractivity contribution in [2.24, 2.45) is 11.3 Å². The summed E-state index contributed by atoms with van der Waals surface area (Å²) >= 11 is 0. The number of hydrogen-bond acceptors (Lipinski definition) is 2. The van der Waals surface area contributed by atoms with Gasteiger partial charge in [-0.05, 0) is 18.8 Å². The van der Waals surface area contributed by atoms with Crippen LogP contribution in [0.2, 0.25) is 0 Å². The van der Waals surface area contributed by atoms with Gasteiger partial charge >= 0.3 is 11.9 Å². The fourth-order valence-corrected chi connectivity index (χ4v) is 2.34. The lowest BCUT2D eigenvalue weighted by atomic mass is 9.65. The highest BCUT2D eigenvalue weighted by Gasteiger charge is 2.46. The number of carboxylic acid groups (broad SMARTS) is 2. The van der Waals surface area contributed by atoms with Crippen molar-refractivity contribution < 1.29 is 19.8 Å². The van der Waals surface area contributed by atoms with Crippen molar-refractivity contribution in [1.82, 2.24) is 0 Å². The van der Waals surface area contributed by atoms with Crippen LogP contribution in [-0.2, 0) is 9.59 Å². The van der Waals surface area contributed by atoms with Crippen LogP contribution in [-0.4, -0.2) is 22.2 Å². The van der Waals surface area contributed by atoms with Gasteiger partial charge < -0.3 is 10.2 Å². The Morgan fingerprint density at radius 1 is 1.36 bits per heavy atom. The minimum atomic E-state index is -1.02. The molecule has 4 nitrogen and oxygen atoms in total. The van der Waals surface area contributed by atoms with Gasteiger partial charge in [-0.15, -0.1) is 0 Å². The average molecular weight is 200 g/mol. The van der Waals surface area contributed by atoms with Crippen molar-refractivity contribution in [1.29, 1.82) is 0 Å². The number of carboxylic acids is 2. The molecule has 0 amide bonds. The minimum Gasteiger partial charge on any atom is -0.481 e. The second-order valence-corrected chi connectivity index (χ2v) is 4.18. The van der Waals surface area contributed by atoms with Crippen molar-refractivity contribution in [2.45, 2.75) is 39.0 Å².